The van der Waals surface area contributed by atoms with Gasteiger partial charge < -0.3 is 10.7 Å². The second-order valence-electron chi connectivity index (χ2n) is 5.42. The van der Waals surface area contributed by atoms with E-state index in [4.69, 9.17) is 5.73 Å². The third-order valence-electron chi connectivity index (χ3n) is 4.15. The van der Waals surface area contributed by atoms with Crippen molar-refractivity contribution in [3.05, 3.63) is 30.1 Å². The van der Waals surface area contributed by atoms with Gasteiger partial charge in [-0.2, -0.15) is 0 Å². The summed E-state index contributed by atoms with van der Waals surface area (Å²) in [6.45, 7) is 1.32. The minimum Gasteiger partial charge on any atom is -0.346 e. The summed E-state index contributed by atoms with van der Waals surface area (Å²) in [6.07, 6.45) is 5.45. The molecule has 2 aromatic heterocycles. The van der Waals surface area contributed by atoms with Crippen LogP contribution in [-0.2, 0) is 10.0 Å². The third-order valence-corrected chi connectivity index (χ3v) is 6.05. The number of hydrogen-bond donors (Lipinski definition) is 2. The van der Waals surface area contributed by atoms with Gasteiger partial charge in [0.05, 0.1) is 5.75 Å². The lowest BCUT2D eigenvalue weighted by molar-refractivity contribution is 0.320. The highest BCUT2D eigenvalue weighted by atomic mass is 32.2. The van der Waals surface area contributed by atoms with Crippen molar-refractivity contribution in [1.82, 2.24) is 14.3 Å². The highest BCUT2D eigenvalue weighted by Crippen LogP contribution is 2.33. The van der Waals surface area contributed by atoms with Crippen molar-refractivity contribution in [2.75, 3.05) is 25.4 Å². The molecule has 3 rings (SSSR count). The number of nitrogens with two attached hydrogens (primary N) is 1. The molecule has 2 aromatic rings. The number of pyridine rings is 1. The summed E-state index contributed by atoms with van der Waals surface area (Å²) >= 11 is 0. The number of fused-ring (bicyclic) bond motifs is 1. The Kier molecular flexibility index (Phi) is 3.97. The molecule has 0 atom stereocenters. The number of rotatable bonds is 4. The van der Waals surface area contributed by atoms with Crippen molar-refractivity contribution in [2.24, 2.45) is 5.73 Å². The van der Waals surface area contributed by atoms with Crippen LogP contribution in [0.2, 0.25) is 0 Å². The quantitative estimate of drug-likeness (QED) is 0.882. The molecule has 3 N–H and O–H groups in total. The average molecular weight is 308 g/mol. The van der Waals surface area contributed by atoms with E-state index in [1.165, 1.54) is 5.56 Å². The molecule has 0 aliphatic carbocycles. The molecule has 0 saturated carbocycles. The molecule has 6 nitrogen and oxygen atoms in total. The predicted octanol–water partition coefficient (Wildman–Crippen LogP) is 1.03. The topological polar surface area (TPSA) is 92.1 Å². The summed E-state index contributed by atoms with van der Waals surface area (Å²) < 4.78 is 25.6. The molecular weight excluding hydrogens is 288 g/mol. The first-order valence-electron chi connectivity index (χ1n) is 7.21. The van der Waals surface area contributed by atoms with E-state index in [1.54, 1.807) is 10.5 Å². The lowest BCUT2D eigenvalue weighted by atomic mass is 9.90. The van der Waals surface area contributed by atoms with Gasteiger partial charge in [0.25, 0.3) is 0 Å². The Hall–Kier alpha value is -1.44. The maximum absolute atomic E-state index is 12.0. The van der Waals surface area contributed by atoms with Crippen LogP contribution >= 0.6 is 0 Å². The molecule has 0 spiro atoms. The maximum atomic E-state index is 12.0. The van der Waals surface area contributed by atoms with Crippen LogP contribution in [0.15, 0.2) is 24.5 Å². The first-order valence-corrected chi connectivity index (χ1v) is 8.82. The fourth-order valence-electron chi connectivity index (χ4n) is 3.04. The number of hydrogen-bond acceptors (Lipinski definition) is 4. The molecule has 0 unspecified atom stereocenters. The van der Waals surface area contributed by atoms with Crippen LogP contribution in [0.1, 0.15) is 24.3 Å². The van der Waals surface area contributed by atoms with Gasteiger partial charge in [-0.25, -0.2) is 17.7 Å². The number of nitrogens with zero attached hydrogens (tertiary/aromatic N) is 2. The monoisotopic (exact) mass is 308 g/mol. The van der Waals surface area contributed by atoms with Gasteiger partial charge in [0.2, 0.25) is 10.0 Å². The Morgan fingerprint density at radius 1 is 1.38 bits per heavy atom. The van der Waals surface area contributed by atoms with Crippen LogP contribution < -0.4 is 5.73 Å². The Labute approximate surface area is 124 Å². The summed E-state index contributed by atoms with van der Waals surface area (Å²) in [6, 6.07) is 3.99. The van der Waals surface area contributed by atoms with Crippen LogP contribution in [0.3, 0.4) is 0 Å². The first-order chi connectivity index (χ1) is 10.1. The number of aromatic amines is 1. The number of piperidine rings is 1. The molecule has 21 heavy (non-hydrogen) atoms. The fourth-order valence-corrected chi connectivity index (χ4v) is 4.36. The van der Waals surface area contributed by atoms with Gasteiger partial charge in [-0.05, 0) is 36.5 Å². The molecule has 3 heterocycles. The zero-order valence-electron chi connectivity index (χ0n) is 11.8. The summed E-state index contributed by atoms with van der Waals surface area (Å²) in [5.74, 6) is 0.418. The highest BCUT2D eigenvalue weighted by molar-refractivity contribution is 7.89. The smallest absolute Gasteiger partial charge is 0.215 e. The van der Waals surface area contributed by atoms with Crippen molar-refractivity contribution in [3.63, 3.8) is 0 Å². The molecule has 0 amide bonds. The van der Waals surface area contributed by atoms with Crippen molar-refractivity contribution in [2.45, 2.75) is 18.8 Å². The van der Waals surface area contributed by atoms with E-state index in [-0.39, 0.29) is 12.3 Å². The number of sulfonamides is 1. The molecule has 0 radical (unpaired) electrons. The standard InChI is InChI=1S/C14H20N4O2S/c15-5-9-21(19,20)18-7-3-11(4-8-18)13-10-17-14-12(13)2-1-6-16-14/h1-2,6,10-11H,3-5,7-9,15H2,(H,16,17). The molecule has 1 aliphatic rings. The largest absolute Gasteiger partial charge is 0.346 e. The van der Waals surface area contributed by atoms with E-state index in [0.29, 0.717) is 19.0 Å². The van der Waals surface area contributed by atoms with Crippen LogP contribution in [-0.4, -0.2) is 48.1 Å². The molecule has 0 aromatic carbocycles. The lowest BCUT2D eigenvalue weighted by Gasteiger charge is -2.31. The SMILES string of the molecule is NCCS(=O)(=O)N1CCC(c2c[nH]c3ncccc23)CC1. The molecular formula is C14H20N4O2S. The van der Waals surface area contributed by atoms with Gasteiger partial charge in [0, 0.05) is 37.4 Å². The van der Waals surface area contributed by atoms with Crippen molar-refractivity contribution in [1.29, 1.82) is 0 Å². The van der Waals surface area contributed by atoms with E-state index in [2.05, 4.69) is 16.0 Å². The highest BCUT2D eigenvalue weighted by Gasteiger charge is 2.29. The average Bonchev–Trinajstić information content (AvgIpc) is 2.91. The van der Waals surface area contributed by atoms with Gasteiger partial charge in [-0.15, -0.1) is 0 Å². The fraction of sp³-hybridized carbons (Fsp3) is 0.500. The second kappa shape index (κ2) is 5.75. The van der Waals surface area contributed by atoms with E-state index < -0.39 is 10.0 Å². The van der Waals surface area contributed by atoms with Crippen molar-refractivity contribution >= 4 is 21.1 Å². The molecule has 0 bridgehead atoms. The molecule has 1 fully saturated rings. The Morgan fingerprint density at radius 2 is 2.14 bits per heavy atom. The summed E-state index contributed by atoms with van der Waals surface area (Å²) in [5, 5.41) is 1.14. The minimum atomic E-state index is -3.18. The molecule has 114 valence electrons. The molecule has 1 saturated heterocycles. The number of H-pyrrole nitrogens is 1. The lowest BCUT2D eigenvalue weighted by Crippen LogP contribution is -2.40. The molecule has 7 heteroatoms. The second-order valence-corrected chi connectivity index (χ2v) is 7.51. The van der Waals surface area contributed by atoms with Crippen molar-refractivity contribution < 1.29 is 8.42 Å². The maximum Gasteiger partial charge on any atom is 0.215 e. The van der Waals surface area contributed by atoms with Gasteiger partial charge >= 0.3 is 0 Å². The van der Waals surface area contributed by atoms with E-state index in [9.17, 15) is 8.42 Å². The Bertz CT molecular complexity index is 717. The third kappa shape index (κ3) is 2.81. The predicted molar refractivity (Wildman–Crippen MR) is 82.5 cm³/mol. The van der Waals surface area contributed by atoms with E-state index >= 15 is 0 Å². The van der Waals surface area contributed by atoms with Crippen LogP contribution in [0.5, 0.6) is 0 Å². The normalized spacial score (nSPS) is 18.3. The Balaban J connectivity index is 1.74. The van der Waals surface area contributed by atoms with E-state index in [0.717, 1.165) is 23.9 Å². The van der Waals surface area contributed by atoms with Crippen LogP contribution in [0.25, 0.3) is 11.0 Å². The van der Waals surface area contributed by atoms with E-state index in [1.807, 2.05) is 12.3 Å². The first kappa shape index (κ1) is 14.5. The zero-order valence-corrected chi connectivity index (χ0v) is 12.6. The summed E-state index contributed by atoms with van der Waals surface area (Å²) in [4.78, 5) is 7.49. The van der Waals surface area contributed by atoms with Crippen LogP contribution in [0, 0.1) is 0 Å². The minimum absolute atomic E-state index is 0.0364. The number of nitrogens with one attached hydrogen (secondary N) is 1. The molecule has 1 aliphatic heterocycles. The Morgan fingerprint density at radius 3 is 2.86 bits per heavy atom. The van der Waals surface area contributed by atoms with Gasteiger partial charge in [0.15, 0.2) is 0 Å². The summed E-state index contributed by atoms with van der Waals surface area (Å²) in [7, 11) is -3.18. The summed E-state index contributed by atoms with van der Waals surface area (Å²) in [5.41, 5.74) is 7.51. The van der Waals surface area contributed by atoms with Gasteiger partial charge in [-0.1, -0.05) is 0 Å². The number of aromatic nitrogens is 2. The van der Waals surface area contributed by atoms with Gasteiger partial charge in [-0.3, -0.25) is 0 Å². The zero-order chi connectivity index (χ0) is 14.9. The van der Waals surface area contributed by atoms with Crippen molar-refractivity contribution in [3.8, 4) is 0 Å². The van der Waals surface area contributed by atoms with Gasteiger partial charge in [0.1, 0.15) is 5.65 Å². The van der Waals surface area contributed by atoms with Crippen LogP contribution in [0.4, 0.5) is 0 Å².